The third kappa shape index (κ3) is 3.59. The van der Waals surface area contributed by atoms with Crippen LogP contribution in [0.25, 0.3) is 11.4 Å². The molecule has 8 heteroatoms. The molecule has 2 fully saturated rings. The maximum atomic E-state index is 12.5. The normalized spacial score (nSPS) is 21.7. The lowest BCUT2D eigenvalue weighted by Crippen LogP contribution is -2.38. The maximum absolute atomic E-state index is 12.5. The van der Waals surface area contributed by atoms with Crippen LogP contribution in [0.2, 0.25) is 0 Å². The van der Waals surface area contributed by atoms with Crippen LogP contribution in [0.15, 0.2) is 29.0 Å². The first-order chi connectivity index (χ1) is 13.2. The average Bonchev–Trinajstić information content (AvgIpc) is 3.33. The van der Waals surface area contributed by atoms with Crippen LogP contribution in [-0.4, -0.2) is 65.4 Å². The van der Waals surface area contributed by atoms with Gasteiger partial charge in [0.25, 0.3) is 0 Å². The second kappa shape index (κ2) is 7.74. The highest BCUT2D eigenvalue weighted by molar-refractivity contribution is 5.78. The van der Waals surface area contributed by atoms with Gasteiger partial charge in [0.1, 0.15) is 6.61 Å². The summed E-state index contributed by atoms with van der Waals surface area (Å²) in [6, 6.07) is 3.74. The number of hydrogen-bond donors (Lipinski definition) is 0. The molecule has 2 aromatic heterocycles. The molecule has 2 aromatic rings. The summed E-state index contributed by atoms with van der Waals surface area (Å²) in [6.45, 7) is 5.15. The SMILES string of the molecule is CCOCC(=O)N1C[C@@H](c2nc(-c3cccnc3)no2)C2(CCOCC2)C1. The molecule has 8 nitrogen and oxygen atoms in total. The van der Waals surface area contributed by atoms with E-state index < -0.39 is 0 Å². The van der Waals surface area contributed by atoms with Gasteiger partial charge < -0.3 is 18.9 Å². The first-order valence-electron chi connectivity index (χ1n) is 9.39. The summed E-state index contributed by atoms with van der Waals surface area (Å²) in [5.74, 6) is 1.13. The van der Waals surface area contributed by atoms with E-state index >= 15 is 0 Å². The number of nitrogens with zero attached hydrogens (tertiary/aromatic N) is 4. The van der Waals surface area contributed by atoms with Crippen molar-refractivity contribution in [3.8, 4) is 11.4 Å². The molecule has 27 heavy (non-hydrogen) atoms. The van der Waals surface area contributed by atoms with E-state index in [1.165, 1.54) is 0 Å². The van der Waals surface area contributed by atoms with E-state index in [2.05, 4.69) is 15.1 Å². The van der Waals surface area contributed by atoms with Crippen molar-refractivity contribution in [2.75, 3.05) is 39.5 Å². The highest BCUT2D eigenvalue weighted by Crippen LogP contribution is 2.49. The van der Waals surface area contributed by atoms with Gasteiger partial charge in [-0.2, -0.15) is 4.98 Å². The second-order valence-corrected chi connectivity index (χ2v) is 7.14. The molecular formula is C19H24N4O4. The predicted octanol–water partition coefficient (Wildman–Crippen LogP) is 1.89. The smallest absolute Gasteiger partial charge is 0.248 e. The van der Waals surface area contributed by atoms with Crippen molar-refractivity contribution in [2.24, 2.45) is 5.41 Å². The van der Waals surface area contributed by atoms with E-state index in [1.807, 2.05) is 24.0 Å². The number of hydrogen-bond acceptors (Lipinski definition) is 7. The van der Waals surface area contributed by atoms with Crippen LogP contribution >= 0.6 is 0 Å². The van der Waals surface area contributed by atoms with Crippen LogP contribution in [0.4, 0.5) is 0 Å². The zero-order chi connectivity index (χ0) is 18.7. The zero-order valence-electron chi connectivity index (χ0n) is 15.5. The summed E-state index contributed by atoms with van der Waals surface area (Å²) < 4.78 is 16.5. The molecule has 0 saturated carbocycles. The Labute approximate surface area is 157 Å². The summed E-state index contributed by atoms with van der Waals surface area (Å²) in [5, 5.41) is 4.14. The van der Waals surface area contributed by atoms with Gasteiger partial charge in [0, 0.05) is 56.3 Å². The minimum atomic E-state index is -0.0845. The van der Waals surface area contributed by atoms with Gasteiger partial charge in [0.2, 0.25) is 17.6 Å². The fourth-order valence-electron chi connectivity index (χ4n) is 4.05. The molecule has 2 aliphatic rings. The Morgan fingerprint density at radius 3 is 3.00 bits per heavy atom. The molecule has 144 valence electrons. The van der Waals surface area contributed by atoms with Gasteiger partial charge in [0.05, 0.1) is 5.92 Å². The van der Waals surface area contributed by atoms with Gasteiger partial charge in [-0.25, -0.2) is 0 Å². The molecule has 2 saturated heterocycles. The fourth-order valence-corrected chi connectivity index (χ4v) is 4.05. The minimum Gasteiger partial charge on any atom is -0.381 e. The largest absolute Gasteiger partial charge is 0.381 e. The Morgan fingerprint density at radius 1 is 1.41 bits per heavy atom. The summed E-state index contributed by atoms with van der Waals surface area (Å²) in [5.41, 5.74) is 0.731. The lowest BCUT2D eigenvalue weighted by molar-refractivity contribution is -0.135. The maximum Gasteiger partial charge on any atom is 0.248 e. The van der Waals surface area contributed by atoms with Crippen molar-refractivity contribution in [2.45, 2.75) is 25.7 Å². The van der Waals surface area contributed by atoms with Gasteiger partial charge in [-0.15, -0.1) is 0 Å². The predicted molar refractivity (Wildman–Crippen MR) is 95.8 cm³/mol. The van der Waals surface area contributed by atoms with Crippen molar-refractivity contribution >= 4 is 5.91 Å². The van der Waals surface area contributed by atoms with Gasteiger partial charge in [-0.3, -0.25) is 9.78 Å². The van der Waals surface area contributed by atoms with Crippen LogP contribution in [-0.2, 0) is 14.3 Å². The number of aromatic nitrogens is 3. The molecule has 0 radical (unpaired) electrons. The molecule has 0 bridgehead atoms. The van der Waals surface area contributed by atoms with Crippen LogP contribution in [0.5, 0.6) is 0 Å². The van der Waals surface area contributed by atoms with Gasteiger partial charge in [0.15, 0.2) is 0 Å². The molecule has 0 N–H and O–H groups in total. The van der Waals surface area contributed by atoms with E-state index in [9.17, 15) is 4.79 Å². The van der Waals surface area contributed by atoms with Gasteiger partial charge >= 0.3 is 0 Å². The lowest BCUT2D eigenvalue weighted by atomic mass is 9.72. The molecule has 2 aliphatic heterocycles. The van der Waals surface area contributed by atoms with Crippen molar-refractivity contribution in [1.82, 2.24) is 20.0 Å². The highest BCUT2D eigenvalue weighted by atomic mass is 16.5. The van der Waals surface area contributed by atoms with Crippen molar-refractivity contribution in [3.63, 3.8) is 0 Å². The highest BCUT2D eigenvalue weighted by Gasteiger charge is 2.51. The van der Waals surface area contributed by atoms with E-state index in [0.717, 1.165) is 18.4 Å². The second-order valence-electron chi connectivity index (χ2n) is 7.14. The average molecular weight is 372 g/mol. The number of carbonyl (C=O) groups is 1. The summed E-state index contributed by atoms with van der Waals surface area (Å²) in [4.78, 5) is 23.2. The number of amides is 1. The van der Waals surface area contributed by atoms with Crippen molar-refractivity contribution < 1.29 is 18.8 Å². The third-order valence-corrected chi connectivity index (χ3v) is 5.58. The lowest BCUT2D eigenvalue weighted by Gasteiger charge is -2.36. The Balaban J connectivity index is 1.59. The summed E-state index contributed by atoms with van der Waals surface area (Å²) in [6.07, 6.45) is 5.17. The zero-order valence-corrected chi connectivity index (χ0v) is 15.5. The topological polar surface area (TPSA) is 90.6 Å². The third-order valence-electron chi connectivity index (χ3n) is 5.58. The molecule has 1 atom stereocenters. The first-order valence-corrected chi connectivity index (χ1v) is 9.39. The van der Waals surface area contributed by atoms with Crippen molar-refractivity contribution in [3.05, 3.63) is 30.4 Å². The Morgan fingerprint density at radius 2 is 2.26 bits per heavy atom. The van der Waals surface area contributed by atoms with E-state index in [-0.39, 0.29) is 23.8 Å². The standard InChI is InChI=1S/C19H24N4O4/c1-2-25-12-16(24)23-11-15(19(13-23)5-8-26-9-6-19)18-21-17(22-27-18)14-4-3-7-20-10-14/h3-4,7,10,15H,2,5-6,8-9,11-13H2,1H3/t15-/m0/s1. The Hall–Kier alpha value is -2.32. The molecule has 4 rings (SSSR count). The molecule has 0 unspecified atom stereocenters. The van der Waals surface area contributed by atoms with E-state index in [0.29, 0.717) is 44.6 Å². The molecule has 4 heterocycles. The number of rotatable bonds is 5. The number of likely N-dealkylation sites (tertiary alicyclic amines) is 1. The number of carbonyl (C=O) groups excluding carboxylic acids is 1. The van der Waals surface area contributed by atoms with Crippen LogP contribution in [0.3, 0.4) is 0 Å². The van der Waals surface area contributed by atoms with Gasteiger partial charge in [-0.05, 0) is 31.9 Å². The monoisotopic (exact) mass is 372 g/mol. The quantitative estimate of drug-likeness (QED) is 0.791. The molecular weight excluding hydrogens is 348 g/mol. The Kier molecular flexibility index (Phi) is 5.18. The molecule has 0 aromatic carbocycles. The van der Waals surface area contributed by atoms with Crippen LogP contribution < -0.4 is 0 Å². The molecule has 0 aliphatic carbocycles. The fraction of sp³-hybridized carbons (Fsp3) is 0.579. The summed E-state index contributed by atoms with van der Waals surface area (Å²) >= 11 is 0. The Bertz CT molecular complexity index is 773. The summed E-state index contributed by atoms with van der Waals surface area (Å²) in [7, 11) is 0. The van der Waals surface area contributed by atoms with Gasteiger partial charge in [-0.1, -0.05) is 5.16 Å². The number of pyridine rings is 1. The first kappa shape index (κ1) is 18.1. The van der Waals surface area contributed by atoms with E-state index in [1.54, 1.807) is 12.4 Å². The number of ether oxygens (including phenoxy) is 2. The van der Waals surface area contributed by atoms with Crippen LogP contribution in [0, 0.1) is 5.41 Å². The molecule has 1 spiro atoms. The van der Waals surface area contributed by atoms with E-state index in [4.69, 9.17) is 14.0 Å². The molecule has 1 amide bonds. The van der Waals surface area contributed by atoms with Crippen molar-refractivity contribution in [1.29, 1.82) is 0 Å². The van der Waals surface area contributed by atoms with Crippen LogP contribution in [0.1, 0.15) is 31.6 Å². The minimum absolute atomic E-state index is 0.00454.